The van der Waals surface area contributed by atoms with Gasteiger partial charge in [-0.1, -0.05) is 0 Å². The Kier molecular flexibility index (Phi) is 4.76. The van der Waals surface area contributed by atoms with Gasteiger partial charge in [0.2, 0.25) is 10.0 Å². The fraction of sp³-hybridized carbons (Fsp3) is 0.385. The summed E-state index contributed by atoms with van der Waals surface area (Å²) in [6, 6.07) is 3.47. The van der Waals surface area contributed by atoms with Crippen LogP contribution < -0.4 is 4.72 Å². The first-order chi connectivity index (χ1) is 9.20. The minimum atomic E-state index is -3.49. The molecule has 2 aromatic heterocycles. The van der Waals surface area contributed by atoms with Gasteiger partial charge in [-0.25, -0.2) is 13.1 Å². The van der Waals surface area contributed by atoms with Gasteiger partial charge in [0.15, 0.2) is 0 Å². The largest absolute Gasteiger partial charge is 0.242 e. The zero-order valence-corrected chi connectivity index (χ0v) is 15.7. The van der Waals surface area contributed by atoms with Crippen molar-refractivity contribution in [2.75, 3.05) is 0 Å². The molecule has 2 heterocycles. The molecule has 0 aromatic carbocycles. The third kappa shape index (κ3) is 3.33. The third-order valence-electron chi connectivity index (χ3n) is 3.01. The van der Waals surface area contributed by atoms with Crippen molar-refractivity contribution in [2.45, 2.75) is 38.6 Å². The molecule has 0 saturated heterocycles. The molecule has 0 aliphatic carbocycles. The van der Waals surface area contributed by atoms with Crippen molar-refractivity contribution in [1.29, 1.82) is 0 Å². The Balaban J connectivity index is 2.29. The molecule has 2 rings (SSSR count). The lowest BCUT2D eigenvalue weighted by Gasteiger charge is -2.14. The quantitative estimate of drug-likeness (QED) is 0.828. The number of hydrogen-bond donors (Lipinski definition) is 1. The Hall–Kier alpha value is -0.210. The van der Waals surface area contributed by atoms with Gasteiger partial charge in [-0.3, -0.25) is 0 Å². The van der Waals surface area contributed by atoms with Crippen molar-refractivity contribution < 1.29 is 8.42 Å². The average Bonchev–Trinajstić information content (AvgIpc) is 2.81. The molecule has 0 aliphatic heterocycles. The van der Waals surface area contributed by atoms with Crippen molar-refractivity contribution in [3.63, 3.8) is 0 Å². The van der Waals surface area contributed by atoms with Crippen LogP contribution in [-0.2, 0) is 10.0 Å². The summed E-state index contributed by atoms with van der Waals surface area (Å²) in [5.41, 5.74) is 1.04. The fourth-order valence-corrected chi connectivity index (χ4v) is 6.80. The van der Waals surface area contributed by atoms with Crippen LogP contribution in [0.3, 0.4) is 0 Å². The summed E-state index contributed by atoms with van der Waals surface area (Å²) in [5, 5.41) is 0. The van der Waals surface area contributed by atoms with Crippen molar-refractivity contribution in [1.82, 2.24) is 4.72 Å². The minimum absolute atomic E-state index is 0.233. The molecule has 1 atom stereocenters. The highest BCUT2D eigenvalue weighted by molar-refractivity contribution is 9.11. The highest BCUT2D eigenvalue weighted by Crippen LogP contribution is 2.31. The van der Waals surface area contributed by atoms with E-state index in [0.717, 1.165) is 19.1 Å². The summed E-state index contributed by atoms with van der Waals surface area (Å²) >= 11 is 6.44. The molecule has 0 spiro atoms. The monoisotopic (exact) mass is 393 g/mol. The van der Waals surface area contributed by atoms with Crippen LogP contribution in [0.25, 0.3) is 0 Å². The summed E-state index contributed by atoms with van der Waals surface area (Å²) in [7, 11) is -3.49. The maximum atomic E-state index is 12.4. The molecule has 2 aromatic rings. The van der Waals surface area contributed by atoms with Gasteiger partial charge in [-0.15, -0.1) is 22.7 Å². The summed E-state index contributed by atoms with van der Waals surface area (Å²) in [5.74, 6) is 0. The Morgan fingerprint density at radius 3 is 2.25 bits per heavy atom. The first kappa shape index (κ1) is 16.2. The van der Waals surface area contributed by atoms with Gasteiger partial charge in [0.1, 0.15) is 0 Å². The van der Waals surface area contributed by atoms with E-state index < -0.39 is 10.0 Å². The second-order valence-electron chi connectivity index (χ2n) is 4.68. The second-order valence-corrected chi connectivity index (χ2v) is 10.5. The number of sulfonamides is 1. The number of nitrogens with one attached hydrogen (secondary N) is 1. The molecule has 0 saturated carbocycles. The van der Waals surface area contributed by atoms with Gasteiger partial charge in [-0.2, -0.15) is 0 Å². The van der Waals surface area contributed by atoms with Crippen LogP contribution in [0.4, 0.5) is 0 Å². The lowest BCUT2D eigenvalue weighted by atomic mass is 10.1. The molecule has 0 radical (unpaired) electrons. The van der Waals surface area contributed by atoms with Crippen LogP contribution in [0.2, 0.25) is 0 Å². The lowest BCUT2D eigenvalue weighted by Crippen LogP contribution is -2.27. The molecule has 0 amide bonds. The summed E-state index contributed by atoms with van der Waals surface area (Å²) < 4.78 is 28.5. The van der Waals surface area contributed by atoms with E-state index >= 15 is 0 Å². The number of thiophene rings is 2. The van der Waals surface area contributed by atoms with Crippen LogP contribution in [0, 0.1) is 20.8 Å². The predicted molar refractivity (Wildman–Crippen MR) is 89.3 cm³/mol. The molecule has 3 nitrogen and oxygen atoms in total. The standard InChI is InChI=1S/C13H16BrNO2S3/c1-7-5-11(9(3)18-7)8(2)15-20(16,17)12-6-13(14)19-10(12)4/h5-6,8,15H,1-4H3. The van der Waals surface area contributed by atoms with E-state index in [1.165, 1.54) is 16.2 Å². The van der Waals surface area contributed by atoms with E-state index in [-0.39, 0.29) is 6.04 Å². The fourth-order valence-electron chi connectivity index (χ4n) is 2.14. The Bertz CT molecular complexity index is 731. The normalized spacial score (nSPS) is 13.7. The maximum absolute atomic E-state index is 12.4. The molecule has 0 aliphatic rings. The molecule has 1 unspecified atom stereocenters. The molecule has 20 heavy (non-hydrogen) atoms. The second kappa shape index (κ2) is 5.88. The van der Waals surface area contributed by atoms with Crippen molar-refractivity contribution in [3.8, 4) is 0 Å². The molecule has 110 valence electrons. The van der Waals surface area contributed by atoms with E-state index in [1.54, 1.807) is 17.4 Å². The van der Waals surface area contributed by atoms with E-state index in [0.29, 0.717) is 4.90 Å². The number of halogens is 1. The highest BCUT2D eigenvalue weighted by Gasteiger charge is 2.23. The van der Waals surface area contributed by atoms with Crippen LogP contribution >= 0.6 is 38.6 Å². The van der Waals surface area contributed by atoms with E-state index in [9.17, 15) is 8.42 Å². The molecular weight excluding hydrogens is 378 g/mol. The van der Waals surface area contributed by atoms with Gasteiger partial charge in [-0.05, 0) is 61.3 Å². The minimum Gasteiger partial charge on any atom is -0.207 e. The molecular formula is C13H16BrNO2S3. The van der Waals surface area contributed by atoms with Crippen molar-refractivity contribution in [2.24, 2.45) is 0 Å². The van der Waals surface area contributed by atoms with Crippen LogP contribution in [0.15, 0.2) is 20.8 Å². The van der Waals surface area contributed by atoms with Crippen molar-refractivity contribution >= 4 is 48.6 Å². The molecule has 7 heteroatoms. The van der Waals surface area contributed by atoms with E-state index in [4.69, 9.17) is 0 Å². The van der Waals surface area contributed by atoms with Gasteiger partial charge in [0.25, 0.3) is 0 Å². The third-order valence-corrected chi connectivity index (χ3v) is 7.34. The molecule has 0 fully saturated rings. The summed E-state index contributed by atoms with van der Waals surface area (Å²) in [6.45, 7) is 7.74. The van der Waals surface area contributed by atoms with Crippen LogP contribution in [0.5, 0.6) is 0 Å². The first-order valence-electron chi connectivity index (χ1n) is 6.06. The topological polar surface area (TPSA) is 46.2 Å². The Morgan fingerprint density at radius 2 is 1.80 bits per heavy atom. The van der Waals surface area contributed by atoms with Gasteiger partial charge in [0, 0.05) is 20.7 Å². The van der Waals surface area contributed by atoms with Gasteiger partial charge in [0.05, 0.1) is 8.68 Å². The smallest absolute Gasteiger partial charge is 0.207 e. The van der Waals surface area contributed by atoms with E-state index in [2.05, 4.69) is 20.7 Å². The zero-order chi connectivity index (χ0) is 15.1. The number of aryl methyl sites for hydroxylation is 3. The molecule has 1 N–H and O–H groups in total. The maximum Gasteiger partial charge on any atom is 0.242 e. The van der Waals surface area contributed by atoms with Crippen LogP contribution in [-0.4, -0.2) is 8.42 Å². The molecule has 0 bridgehead atoms. The number of rotatable bonds is 4. The highest BCUT2D eigenvalue weighted by atomic mass is 79.9. The SMILES string of the molecule is Cc1cc(C(C)NS(=O)(=O)c2cc(Br)sc2C)c(C)s1. The summed E-state index contributed by atoms with van der Waals surface area (Å²) in [6.07, 6.45) is 0. The zero-order valence-electron chi connectivity index (χ0n) is 11.7. The Labute approximate surface area is 136 Å². The average molecular weight is 394 g/mol. The van der Waals surface area contributed by atoms with Crippen LogP contribution in [0.1, 0.15) is 33.2 Å². The number of hydrogen-bond acceptors (Lipinski definition) is 4. The summed E-state index contributed by atoms with van der Waals surface area (Å²) in [4.78, 5) is 3.49. The lowest BCUT2D eigenvalue weighted by molar-refractivity contribution is 0.566. The van der Waals surface area contributed by atoms with Gasteiger partial charge < -0.3 is 0 Å². The van der Waals surface area contributed by atoms with E-state index in [1.807, 2.05) is 33.8 Å². The predicted octanol–water partition coefficient (Wildman–Crippen LogP) is 4.54. The Morgan fingerprint density at radius 1 is 1.15 bits per heavy atom. The first-order valence-corrected chi connectivity index (χ1v) is 9.97. The van der Waals surface area contributed by atoms with Crippen molar-refractivity contribution in [3.05, 3.63) is 36.1 Å². The van der Waals surface area contributed by atoms with Gasteiger partial charge >= 0.3 is 0 Å².